The van der Waals surface area contributed by atoms with Gasteiger partial charge in [0.05, 0.1) is 25.4 Å². The quantitative estimate of drug-likeness (QED) is 0.707. The molecule has 3 rings (SSSR count). The molecule has 4 nitrogen and oxygen atoms in total. The molecule has 0 aliphatic carbocycles. The van der Waals surface area contributed by atoms with E-state index in [1.165, 1.54) is 30.1 Å². The highest BCUT2D eigenvalue weighted by molar-refractivity contribution is 5.69. The van der Waals surface area contributed by atoms with E-state index < -0.39 is 17.3 Å². The van der Waals surface area contributed by atoms with Crippen molar-refractivity contribution in [2.75, 3.05) is 7.11 Å². The third kappa shape index (κ3) is 3.61. The summed E-state index contributed by atoms with van der Waals surface area (Å²) >= 11 is 0. The lowest BCUT2D eigenvalue weighted by atomic mass is 10.0. The van der Waals surface area contributed by atoms with Crippen LogP contribution in [0, 0.1) is 0 Å². The number of methoxy groups -OCH3 is 1. The molecule has 0 aliphatic rings. The van der Waals surface area contributed by atoms with Crippen molar-refractivity contribution in [2.45, 2.75) is 12.7 Å². The Kier molecular flexibility index (Phi) is 4.79. The van der Waals surface area contributed by atoms with Gasteiger partial charge in [-0.15, -0.1) is 0 Å². The zero-order valence-electron chi connectivity index (χ0n) is 13.8. The lowest BCUT2D eigenvalue weighted by molar-refractivity contribution is -0.137. The van der Waals surface area contributed by atoms with Crippen LogP contribution < -0.4 is 10.3 Å². The van der Waals surface area contributed by atoms with Gasteiger partial charge in [-0.3, -0.25) is 4.79 Å². The van der Waals surface area contributed by atoms with E-state index in [9.17, 15) is 18.0 Å². The van der Waals surface area contributed by atoms with E-state index >= 15 is 0 Å². The Morgan fingerprint density at radius 1 is 1.04 bits per heavy atom. The smallest absolute Gasteiger partial charge is 0.416 e. The van der Waals surface area contributed by atoms with Gasteiger partial charge in [0, 0.05) is 5.56 Å². The third-order valence-electron chi connectivity index (χ3n) is 3.90. The number of alkyl halides is 3. The molecule has 1 heterocycles. The number of hydrogen-bond donors (Lipinski definition) is 0. The first-order valence-electron chi connectivity index (χ1n) is 7.76. The second kappa shape index (κ2) is 7.03. The lowest BCUT2D eigenvalue weighted by Crippen LogP contribution is -2.25. The minimum Gasteiger partial charge on any atom is -0.491 e. The van der Waals surface area contributed by atoms with Gasteiger partial charge < -0.3 is 4.74 Å². The number of halogens is 3. The largest absolute Gasteiger partial charge is 0.491 e. The Labute approximate surface area is 147 Å². The molecule has 0 bridgehead atoms. The topological polar surface area (TPSA) is 44.1 Å². The summed E-state index contributed by atoms with van der Waals surface area (Å²) in [5.41, 5.74) is 0.452. The highest BCUT2D eigenvalue weighted by Crippen LogP contribution is 2.32. The van der Waals surface area contributed by atoms with Crippen LogP contribution in [0.5, 0.6) is 5.75 Å². The third-order valence-corrected chi connectivity index (χ3v) is 3.90. The fourth-order valence-corrected chi connectivity index (χ4v) is 2.58. The van der Waals surface area contributed by atoms with Crippen LogP contribution >= 0.6 is 0 Å². The van der Waals surface area contributed by atoms with Gasteiger partial charge >= 0.3 is 11.7 Å². The predicted molar refractivity (Wildman–Crippen MR) is 91.0 cm³/mol. The maximum atomic E-state index is 12.7. The first-order valence-corrected chi connectivity index (χ1v) is 7.76. The number of benzene rings is 2. The zero-order valence-corrected chi connectivity index (χ0v) is 13.8. The molecule has 0 amide bonds. The van der Waals surface area contributed by atoms with Crippen molar-refractivity contribution in [1.82, 2.24) is 9.78 Å². The monoisotopic (exact) mass is 360 g/mol. The Hall–Kier alpha value is -3.09. The highest BCUT2D eigenvalue weighted by atomic mass is 19.4. The van der Waals surface area contributed by atoms with Crippen molar-refractivity contribution in [3.63, 3.8) is 0 Å². The summed E-state index contributed by atoms with van der Waals surface area (Å²) in [6.07, 6.45) is -2.99. The second-order valence-electron chi connectivity index (χ2n) is 5.62. The van der Waals surface area contributed by atoms with Crippen molar-refractivity contribution >= 4 is 0 Å². The summed E-state index contributed by atoms with van der Waals surface area (Å²) in [5, 5.41) is 4.13. The van der Waals surface area contributed by atoms with Crippen molar-refractivity contribution < 1.29 is 17.9 Å². The normalized spacial score (nSPS) is 11.4. The second-order valence-corrected chi connectivity index (χ2v) is 5.62. The molecule has 0 radical (unpaired) electrons. The van der Waals surface area contributed by atoms with Gasteiger partial charge in [-0.05, 0) is 23.3 Å². The summed E-state index contributed by atoms with van der Waals surface area (Å²) in [4.78, 5) is 12.6. The van der Waals surface area contributed by atoms with Crippen LogP contribution in [-0.2, 0) is 12.7 Å². The maximum Gasteiger partial charge on any atom is 0.416 e. The molecule has 0 saturated carbocycles. The van der Waals surface area contributed by atoms with Gasteiger partial charge in [0.2, 0.25) is 0 Å². The molecule has 1 aromatic heterocycles. The Morgan fingerprint density at radius 3 is 2.27 bits per heavy atom. The molecular formula is C19H15F3N2O2. The number of hydrogen-bond acceptors (Lipinski definition) is 3. The Bertz CT molecular complexity index is 949. The minimum atomic E-state index is -4.42. The van der Waals surface area contributed by atoms with Crippen LogP contribution in [0.3, 0.4) is 0 Å². The Morgan fingerprint density at radius 2 is 1.69 bits per heavy atom. The van der Waals surface area contributed by atoms with E-state index in [1.54, 1.807) is 0 Å². The highest BCUT2D eigenvalue weighted by Gasteiger charge is 2.30. The molecule has 0 N–H and O–H groups in total. The van der Waals surface area contributed by atoms with E-state index in [0.29, 0.717) is 11.1 Å². The molecular weight excluding hydrogens is 345 g/mol. The van der Waals surface area contributed by atoms with E-state index in [1.807, 2.05) is 30.3 Å². The van der Waals surface area contributed by atoms with Gasteiger partial charge in [-0.2, -0.15) is 18.3 Å². The molecule has 2 aromatic carbocycles. The van der Waals surface area contributed by atoms with Gasteiger partial charge in [0.1, 0.15) is 0 Å². The van der Waals surface area contributed by atoms with Crippen LogP contribution in [0.1, 0.15) is 11.1 Å². The van der Waals surface area contributed by atoms with E-state index in [0.717, 1.165) is 17.7 Å². The summed E-state index contributed by atoms with van der Waals surface area (Å²) in [5.74, 6) is 0.0377. The summed E-state index contributed by atoms with van der Waals surface area (Å²) in [7, 11) is 1.34. The molecule has 134 valence electrons. The molecule has 0 saturated heterocycles. The zero-order chi connectivity index (χ0) is 18.7. The molecule has 0 atom stereocenters. The average Bonchev–Trinajstić information content (AvgIpc) is 2.63. The number of ether oxygens (including phenoxy) is 1. The summed E-state index contributed by atoms with van der Waals surface area (Å²) < 4.78 is 44.6. The number of rotatable bonds is 4. The summed E-state index contributed by atoms with van der Waals surface area (Å²) in [6.45, 7) is 0.267. The summed E-state index contributed by atoms with van der Waals surface area (Å²) in [6, 6.07) is 13.8. The SMILES string of the molecule is COc1c(-c2ccc(C(F)(F)F)cc2)cnn(Cc2ccccc2)c1=O. The average molecular weight is 360 g/mol. The van der Waals surface area contributed by atoms with Crippen LogP contribution in [0.2, 0.25) is 0 Å². The van der Waals surface area contributed by atoms with Crippen LogP contribution in [0.4, 0.5) is 13.2 Å². The molecule has 0 unspecified atom stereocenters. The van der Waals surface area contributed by atoms with Crippen molar-refractivity contribution in [3.05, 3.63) is 82.3 Å². The molecule has 0 aliphatic heterocycles. The molecule has 26 heavy (non-hydrogen) atoms. The standard InChI is InChI=1S/C19H15F3N2O2/c1-26-17-16(14-7-9-15(10-8-14)19(20,21)22)11-23-24(18(17)25)12-13-5-3-2-4-6-13/h2-11H,12H2,1H3. The van der Waals surface area contributed by atoms with E-state index in [4.69, 9.17) is 4.74 Å². The van der Waals surface area contributed by atoms with E-state index in [2.05, 4.69) is 5.10 Å². The van der Waals surface area contributed by atoms with Crippen LogP contribution in [-0.4, -0.2) is 16.9 Å². The molecule has 0 spiro atoms. The van der Waals surface area contributed by atoms with Crippen LogP contribution in [0.15, 0.2) is 65.6 Å². The van der Waals surface area contributed by atoms with Crippen molar-refractivity contribution in [1.29, 1.82) is 0 Å². The van der Waals surface area contributed by atoms with Gasteiger partial charge in [0.25, 0.3) is 0 Å². The first-order chi connectivity index (χ1) is 12.4. The fraction of sp³-hybridized carbons (Fsp3) is 0.158. The number of aromatic nitrogens is 2. The first kappa shape index (κ1) is 17.7. The van der Waals surface area contributed by atoms with Gasteiger partial charge in [0.15, 0.2) is 5.75 Å². The molecule has 3 aromatic rings. The van der Waals surface area contributed by atoms with Crippen molar-refractivity contribution in [3.8, 4) is 16.9 Å². The minimum absolute atomic E-state index is 0.0377. The fourth-order valence-electron chi connectivity index (χ4n) is 2.58. The molecule has 7 heteroatoms. The molecule has 0 fully saturated rings. The lowest BCUT2D eigenvalue weighted by Gasteiger charge is -2.12. The van der Waals surface area contributed by atoms with Gasteiger partial charge in [-0.1, -0.05) is 42.5 Å². The van der Waals surface area contributed by atoms with Crippen LogP contribution in [0.25, 0.3) is 11.1 Å². The van der Waals surface area contributed by atoms with E-state index in [-0.39, 0.29) is 12.3 Å². The number of nitrogens with zero attached hydrogens (tertiary/aromatic N) is 2. The Balaban J connectivity index is 1.99. The van der Waals surface area contributed by atoms with Gasteiger partial charge in [-0.25, -0.2) is 4.68 Å². The predicted octanol–water partition coefficient (Wildman–Crippen LogP) is 3.99. The maximum absolute atomic E-state index is 12.7. The van der Waals surface area contributed by atoms with Crippen molar-refractivity contribution in [2.24, 2.45) is 0 Å².